The first kappa shape index (κ1) is 18.6. The summed E-state index contributed by atoms with van der Waals surface area (Å²) in [7, 11) is -3.76. The molecule has 24 heavy (non-hydrogen) atoms. The average molecular weight is 411 g/mol. The average Bonchev–Trinajstić information content (AvgIpc) is 2.51. The van der Waals surface area contributed by atoms with E-state index in [1.165, 1.54) is 19.1 Å². The lowest BCUT2D eigenvalue weighted by atomic mass is 10.1. The summed E-state index contributed by atoms with van der Waals surface area (Å²) in [5, 5.41) is 2.76. The van der Waals surface area contributed by atoms with E-state index < -0.39 is 22.0 Å². The summed E-state index contributed by atoms with van der Waals surface area (Å²) in [6, 6.07) is 11.0. The van der Waals surface area contributed by atoms with Gasteiger partial charge in [0.1, 0.15) is 0 Å². The number of hydrogen-bond acceptors (Lipinski definition) is 3. The van der Waals surface area contributed by atoms with Gasteiger partial charge in [0.2, 0.25) is 15.9 Å². The van der Waals surface area contributed by atoms with Crippen molar-refractivity contribution in [3.05, 3.63) is 58.1 Å². The molecule has 128 valence electrons. The molecule has 2 aromatic carbocycles. The van der Waals surface area contributed by atoms with Crippen LogP contribution in [-0.2, 0) is 14.8 Å². The van der Waals surface area contributed by atoms with Crippen LogP contribution in [0.4, 0.5) is 5.69 Å². The van der Waals surface area contributed by atoms with Crippen LogP contribution in [0.1, 0.15) is 18.1 Å². The van der Waals surface area contributed by atoms with Crippen molar-refractivity contribution in [1.29, 1.82) is 0 Å². The fraction of sp³-hybridized carbons (Fsp3) is 0.235. The number of halogens is 1. The van der Waals surface area contributed by atoms with Crippen molar-refractivity contribution >= 4 is 37.5 Å². The van der Waals surface area contributed by atoms with E-state index in [0.29, 0.717) is 5.69 Å². The van der Waals surface area contributed by atoms with E-state index in [-0.39, 0.29) is 4.90 Å². The second-order valence-corrected chi connectivity index (χ2v) is 8.23. The molecule has 0 unspecified atom stereocenters. The van der Waals surface area contributed by atoms with Gasteiger partial charge in [0.15, 0.2) is 0 Å². The molecule has 0 aromatic heterocycles. The summed E-state index contributed by atoms with van der Waals surface area (Å²) in [5.74, 6) is -0.413. The number of aryl methyl sites for hydroxylation is 2. The minimum Gasteiger partial charge on any atom is -0.324 e. The highest BCUT2D eigenvalue weighted by Crippen LogP contribution is 2.17. The Kier molecular flexibility index (Phi) is 5.79. The summed E-state index contributed by atoms with van der Waals surface area (Å²) in [4.78, 5) is 12.4. The molecule has 2 N–H and O–H groups in total. The third-order valence-corrected chi connectivity index (χ3v) is 5.59. The van der Waals surface area contributed by atoms with Gasteiger partial charge in [0.25, 0.3) is 0 Å². The topological polar surface area (TPSA) is 75.3 Å². The summed E-state index contributed by atoms with van der Waals surface area (Å²) in [5.41, 5.74) is 2.60. The molecule has 5 nitrogen and oxygen atoms in total. The van der Waals surface area contributed by atoms with Crippen LogP contribution in [0.15, 0.2) is 51.8 Å². The van der Waals surface area contributed by atoms with Gasteiger partial charge in [-0.15, -0.1) is 0 Å². The van der Waals surface area contributed by atoms with Crippen LogP contribution in [0.5, 0.6) is 0 Å². The predicted molar refractivity (Wildman–Crippen MR) is 98.5 cm³/mol. The number of carbonyl (C=O) groups excluding carboxylic acids is 1. The lowest BCUT2D eigenvalue weighted by Crippen LogP contribution is -2.41. The van der Waals surface area contributed by atoms with Crippen molar-refractivity contribution < 1.29 is 13.2 Å². The van der Waals surface area contributed by atoms with Crippen LogP contribution in [0.3, 0.4) is 0 Å². The SMILES string of the molecule is Cc1ccc(C)c(NC(=O)[C@@H](C)NS(=O)(=O)c2ccc(Br)cc2)c1. The van der Waals surface area contributed by atoms with Gasteiger partial charge in [0.05, 0.1) is 10.9 Å². The van der Waals surface area contributed by atoms with Gasteiger partial charge in [-0.2, -0.15) is 4.72 Å². The number of sulfonamides is 1. The predicted octanol–water partition coefficient (Wildman–Crippen LogP) is 3.37. The number of benzene rings is 2. The van der Waals surface area contributed by atoms with Gasteiger partial charge in [-0.25, -0.2) is 8.42 Å². The van der Waals surface area contributed by atoms with Crippen LogP contribution in [0.2, 0.25) is 0 Å². The third-order valence-electron chi connectivity index (χ3n) is 3.50. The van der Waals surface area contributed by atoms with Crippen LogP contribution < -0.4 is 10.0 Å². The molecule has 0 fully saturated rings. The Balaban J connectivity index is 2.10. The lowest BCUT2D eigenvalue weighted by Gasteiger charge is -2.16. The Hall–Kier alpha value is -1.70. The molecular formula is C17H19BrN2O3S. The smallest absolute Gasteiger partial charge is 0.242 e. The zero-order valence-electron chi connectivity index (χ0n) is 13.6. The fourth-order valence-electron chi connectivity index (χ4n) is 2.08. The minimum atomic E-state index is -3.76. The molecule has 0 aliphatic rings. The fourth-order valence-corrected chi connectivity index (χ4v) is 3.55. The summed E-state index contributed by atoms with van der Waals surface area (Å²) in [6.07, 6.45) is 0. The number of amides is 1. The van der Waals surface area contributed by atoms with Crippen molar-refractivity contribution in [3.63, 3.8) is 0 Å². The number of rotatable bonds is 5. The van der Waals surface area contributed by atoms with Crippen LogP contribution in [0.25, 0.3) is 0 Å². The maximum atomic E-state index is 12.3. The first-order valence-electron chi connectivity index (χ1n) is 7.35. The Morgan fingerprint density at radius 1 is 1.08 bits per heavy atom. The minimum absolute atomic E-state index is 0.108. The maximum absolute atomic E-state index is 12.3. The Labute approximate surface area is 150 Å². The molecule has 0 bridgehead atoms. The van der Waals surface area contributed by atoms with Crippen LogP contribution in [0, 0.1) is 13.8 Å². The highest BCUT2D eigenvalue weighted by Gasteiger charge is 2.22. The van der Waals surface area contributed by atoms with Crippen LogP contribution in [-0.4, -0.2) is 20.4 Å². The van der Waals surface area contributed by atoms with Gasteiger partial charge in [0, 0.05) is 10.2 Å². The van der Waals surface area contributed by atoms with E-state index in [2.05, 4.69) is 26.0 Å². The molecular weight excluding hydrogens is 392 g/mol. The molecule has 0 saturated carbocycles. The van der Waals surface area contributed by atoms with Gasteiger partial charge < -0.3 is 5.32 Å². The van der Waals surface area contributed by atoms with Crippen molar-refractivity contribution in [3.8, 4) is 0 Å². The monoisotopic (exact) mass is 410 g/mol. The number of hydrogen-bond donors (Lipinski definition) is 2. The third kappa shape index (κ3) is 4.66. The van der Waals surface area contributed by atoms with Gasteiger partial charge in [-0.3, -0.25) is 4.79 Å². The standard InChI is InChI=1S/C17H19BrN2O3S/c1-11-4-5-12(2)16(10-11)19-17(21)13(3)20-24(22,23)15-8-6-14(18)7-9-15/h4-10,13,20H,1-3H3,(H,19,21)/t13-/m1/s1. The second-order valence-electron chi connectivity index (χ2n) is 5.60. The molecule has 7 heteroatoms. The van der Waals surface area contributed by atoms with E-state index in [4.69, 9.17) is 0 Å². The molecule has 2 rings (SSSR count). The van der Waals surface area contributed by atoms with Crippen molar-refractivity contribution in [2.75, 3.05) is 5.32 Å². The van der Waals surface area contributed by atoms with E-state index >= 15 is 0 Å². The summed E-state index contributed by atoms with van der Waals surface area (Å²) < 4.78 is 27.8. The molecule has 0 heterocycles. The lowest BCUT2D eigenvalue weighted by molar-refractivity contribution is -0.117. The zero-order chi connectivity index (χ0) is 17.9. The molecule has 0 aliphatic heterocycles. The molecule has 0 saturated heterocycles. The van der Waals surface area contributed by atoms with Gasteiger partial charge in [-0.1, -0.05) is 28.1 Å². The highest BCUT2D eigenvalue weighted by atomic mass is 79.9. The molecule has 2 aromatic rings. The van der Waals surface area contributed by atoms with E-state index in [9.17, 15) is 13.2 Å². The van der Waals surface area contributed by atoms with E-state index in [1.807, 2.05) is 32.0 Å². The zero-order valence-corrected chi connectivity index (χ0v) is 16.0. The molecule has 0 radical (unpaired) electrons. The van der Waals surface area contributed by atoms with Gasteiger partial charge >= 0.3 is 0 Å². The van der Waals surface area contributed by atoms with Crippen molar-refractivity contribution in [2.24, 2.45) is 0 Å². The molecule has 1 amide bonds. The highest BCUT2D eigenvalue weighted by molar-refractivity contribution is 9.10. The summed E-state index contributed by atoms with van der Waals surface area (Å²) >= 11 is 3.26. The van der Waals surface area contributed by atoms with Crippen molar-refractivity contribution in [1.82, 2.24) is 4.72 Å². The van der Waals surface area contributed by atoms with Crippen LogP contribution >= 0.6 is 15.9 Å². The molecule has 0 aliphatic carbocycles. The Morgan fingerprint density at radius 2 is 1.71 bits per heavy atom. The van der Waals surface area contributed by atoms with E-state index in [0.717, 1.165) is 15.6 Å². The first-order chi connectivity index (χ1) is 11.2. The normalized spacial score (nSPS) is 12.7. The molecule has 0 spiro atoms. The Bertz CT molecular complexity index is 849. The van der Waals surface area contributed by atoms with Gasteiger partial charge in [-0.05, 0) is 62.2 Å². The number of anilines is 1. The number of carbonyl (C=O) groups is 1. The first-order valence-corrected chi connectivity index (χ1v) is 9.62. The second kappa shape index (κ2) is 7.46. The quantitative estimate of drug-likeness (QED) is 0.792. The number of nitrogens with one attached hydrogen (secondary N) is 2. The van der Waals surface area contributed by atoms with E-state index in [1.54, 1.807) is 12.1 Å². The largest absolute Gasteiger partial charge is 0.324 e. The maximum Gasteiger partial charge on any atom is 0.242 e. The summed E-state index contributed by atoms with van der Waals surface area (Å²) in [6.45, 7) is 5.32. The van der Waals surface area contributed by atoms with Crippen molar-refractivity contribution in [2.45, 2.75) is 31.7 Å². The molecule has 1 atom stereocenters. The Morgan fingerprint density at radius 3 is 2.33 bits per heavy atom.